The van der Waals surface area contributed by atoms with Gasteiger partial charge in [-0.1, -0.05) is 344 Å². The Balaban J connectivity index is 0.000000312. The predicted molar refractivity (Wildman–Crippen MR) is 455 cm³/mol. The maximum atomic E-state index is 12.8. The van der Waals surface area contributed by atoms with Gasteiger partial charge in [-0.05, 0) is 227 Å². The van der Waals surface area contributed by atoms with E-state index in [1.54, 1.807) is 24.3 Å². The lowest BCUT2D eigenvalue weighted by atomic mass is 9.74. The second kappa shape index (κ2) is 48.3. The molecule has 0 amide bonds. The molecule has 1 aliphatic heterocycles. The molecule has 10 heteroatoms. The minimum Gasteiger partial charge on any atom is -0.493 e. The van der Waals surface area contributed by atoms with Gasteiger partial charge in [0.25, 0.3) is 0 Å². The first-order valence-electron chi connectivity index (χ1n) is 38.8. The van der Waals surface area contributed by atoms with Gasteiger partial charge in [0, 0.05) is 21.9 Å². The van der Waals surface area contributed by atoms with Gasteiger partial charge in [0.05, 0.1) is 33.4 Å². The molecule has 2 aliphatic rings. The van der Waals surface area contributed by atoms with Crippen LogP contribution in [0.2, 0.25) is 25.1 Å². The second-order valence-electron chi connectivity index (χ2n) is 31.8. The molecule has 1 fully saturated rings. The van der Waals surface area contributed by atoms with E-state index in [1.807, 2.05) is 91.9 Å². The quantitative estimate of drug-likeness (QED) is 0.0900. The Hall–Kier alpha value is -5.21. The summed E-state index contributed by atoms with van der Waals surface area (Å²) in [5.74, 6) is 9.23. The number of fused-ring (bicyclic) bond motifs is 1. The first-order valence-corrected chi connectivity index (χ1v) is 40.7. The number of aliphatic hydroxyl groups is 2. The molecule has 0 aromatic heterocycles. The van der Waals surface area contributed by atoms with Crippen molar-refractivity contribution in [3.63, 3.8) is 0 Å². The van der Waals surface area contributed by atoms with Crippen LogP contribution in [0, 0.1) is 59.0 Å². The van der Waals surface area contributed by atoms with Gasteiger partial charge in [-0.25, -0.2) is 8.78 Å². The van der Waals surface area contributed by atoms with Crippen molar-refractivity contribution in [1.29, 1.82) is 0 Å². The molecule has 0 spiro atoms. The highest BCUT2D eigenvalue weighted by molar-refractivity contribution is 6.42. The van der Waals surface area contributed by atoms with Crippen molar-refractivity contribution < 1.29 is 23.7 Å². The number of hydrogen-bond donors (Lipinski definition) is 2. The normalized spacial score (nSPS) is 15.8. The van der Waals surface area contributed by atoms with E-state index in [4.69, 9.17) is 62.7 Å². The van der Waals surface area contributed by atoms with Gasteiger partial charge in [0.15, 0.2) is 0 Å². The fourth-order valence-corrected chi connectivity index (χ4v) is 14.6. The van der Waals surface area contributed by atoms with Gasteiger partial charge in [-0.2, -0.15) is 0 Å². The minimum absolute atomic E-state index is 0.139. The van der Waals surface area contributed by atoms with Gasteiger partial charge >= 0.3 is 0 Å². The molecule has 8 aromatic carbocycles. The molecular formula is C95H131Cl5F2O3. The fourth-order valence-electron chi connectivity index (χ4n) is 13.7. The van der Waals surface area contributed by atoms with Crippen molar-refractivity contribution in [3.05, 3.63) is 275 Å². The van der Waals surface area contributed by atoms with Crippen LogP contribution in [0.15, 0.2) is 194 Å². The monoisotopic (exact) mass is 1530 g/mol. The highest BCUT2D eigenvalue weighted by Gasteiger charge is 2.41. The molecule has 1 heterocycles. The number of benzene rings is 8. The van der Waals surface area contributed by atoms with Crippen molar-refractivity contribution in [2.75, 3.05) is 6.61 Å². The summed E-state index contributed by atoms with van der Waals surface area (Å²) in [7, 11) is 0. The molecule has 9 atom stereocenters. The van der Waals surface area contributed by atoms with Gasteiger partial charge in [-0.3, -0.25) is 0 Å². The summed E-state index contributed by atoms with van der Waals surface area (Å²) in [4.78, 5) is 0. The highest BCUT2D eigenvalue weighted by Crippen LogP contribution is 2.45. The van der Waals surface area contributed by atoms with E-state index in [2.05, 4.69) is 218 Å². The van der Waals surface area contributed by atoms with Crippen LogP contribution in [0.3, 0.4) is 0 Å². The summed E-state index contributed by atoms with van der Waals surface area (Å²) >= 11 is 29.2. The van der Waals surface area contributed by atoms with E-state index < -0.39 is 5.60 Å². The third kappa shape index (κ3) is 32.5. The summed E-state index contributed by atoms with van der Waals surface area (Å²) in [5.41, 5.74) is 9.63. The molecule has 1 unspecified atom stereocenters. The van der Waals surface area contributed by atoms with Gasteiger partial charge in [0.1, 0.15) is 17.4 Å². The zero-order valence-corrected chi connectivity index (χ0v) is 71.5. The van der Waals surface area contributed by atoms with E-state index in [1.165, 1.54) is 64.8 Å². The number of halogens is 7. The molecule has 1 aliphatic carbocycles. The zero-order chi connectivity index (χ0) is 78.8. The van der Waals surface area contributed by atoms with Gasteiger partial charge < -0.3 is 14.9 Å². The Morgan fingerprint density at radius 2 is 0.848 bits per heavy atom. The zero-order valence-electron chi connectivity index (χ0n) is 67.7. The molecule has 2 N–H and O–H groups in total. The van der Waals surface area contributed by atoms with Crippen LogP contribution in [0.4, 0.5) is 8.78 Å². The van der Waals surface area contributed by atoms with Crippen molar-refractivity contribution in [3.8, 4) is 5.75 Å². The molecule has 578 valence electrons. The highest BCUT2D eigenvalue weighted by atomic mass is 35.5. The van der Waals surface area contributed by atoms with E-state index in [0.29, 0.717) is 92.9 Å². The Morgan fingerprint density at radius 1 is 0.410 bits per heavy atom. The number of ether oxygens (including phenoxy) is 1. The summed E-state index contributed by atoms with van der Waals surface area (Å²) in [6.07, 6.45) is 6.35. The summed E-state index contributed by atoms with van der Waals surface area (Å²) in [6, 6.07) is 63.1. The fraction of sp³-hybridized carbons (Fsp3) is 0.495. The summed E-state index contributed by atoms with van der Waals surface area (Å²) in [6.45, 7) is 48.9. The Morgan fingerprint density at radius 3 is 1.28 bits per heavy atom. The molecule has 0 bridgehead atoms. The lowest BCUT2D eigenvalue weighted by molar-refractivity contribution is 0.00347. The van der Waals surface area contributed by atoms with Gasteiger partial charge in [0.2, 0.25) is 0 Å². The molecule has 0 saturated heterocycles. The number of hydrogen-bond acceptors (Lipinski definition) is 3. The van der Waals surface area contributed by atoms with Crippen LogP contribution in [0.5, 0.6) is 5.75 Å². The molecule has 3 nitrogen and oxygen atoms in total. The third-order valence-corrected chi connectivity index (χ3v) is 22.9. The van der Waals surface area contributed by atoms with Crippen molar-refractivity contribution >= 4 is 58.0 Å². The molecule has 10 rings (SSSR count). The maximum absolute atomic E-state index is 12.8. The SMILES string of the molecule is CC(C)[C@@H](c1ccccc1)C(C)O.CC(C)[C@@H](c1ccccc1)C1(O)CCCC1.CC(C)[C@@H]1CCOc2ccccc21.CC(C)[C@H](C)c1ccc(Cl)c(Cl)c1.CC(C)[C@H](C)c1ccc(F)c(Cl)c1.CC(C)[C@H](C)c1cccc(Cl)c1.CC(C)[C@H](C)c1cccc(F)c1.CC[C@H](c1ccc(Cl)cc1)C(C)C. The first kappa shape index (κ1) is 94.0. The van der Waals surface area contributed by atoms with Crippen LogP contribution in [-0.4, -0.2) is 28.5 Å². The first-order chi connectivity index (χ1) is 49.5. The molecular weight excluding hydrogens is 1400 g/mol. The standard InChI is InChI=1S/C15H22O.C12H17Cl.C12H16O.C12H18O.C11H14Cl2.C11H14ClF.C11H15Cl.C11H15F/c1-12(2)14(13-8-4-3-5-9-13)15(16)10-6-7-11-15;1-4-12(9(2)3)10-5-7-11(13)8-6-10;1-9(2)10-7-8-13-12-6-4-3-5-11(10)12;1-9(2)12(10(3)13)11-7-5-4-6-8-11;1-7(2)8(3)9-4-5-10(12)11(13)6-9;1-7(2)8(3)9-4-5-11(13)10(12)6-9;2*1-8(2)9(3)10-5-4-6-11(12)7-10/h3-5,8-9,12,14,16H,6-7,10-11H2,1-2H3;5-9,12H,4H2,1-3H3;3-6,9-10H,7-8H2,1-2H3;4-10,12-13H,1-3H3;2*4-8H,1-3H3;2*4-9H,1-3H3/t14-;12-;10-;10?,12-;2*8-;2*9-/m00010000/s1. The Labute approximate surface area is 662 Å². The van der Waals surface area contributed by atoms with Crippen molar-refractivity contribution in [1.82, 2.24) is 0 Å². The lowest BCUT2D eigenvalue weighted by Crippen LogP contribution is -2.36. The van der Waals surface area contributed by atoms with E-state index in [0.717, 1.165) is 52.8 Å². The van der Waals surface area contributed by atoms with Crippen LogP contribution in [-0.2, 0) is 0 Å². The van der Waals surface area contributed by atoms with Gasteiger partial charge in [-0.15, -0.1) is 0 Å². The maximum Gasteiger partial charge on any atom is 0.141 e. The average Bonchev–Trinajstić information content (AvgIpc) is 1.72. The van der Waals surface area contributed by atoms with Crippen molar-refractivity contribution in [2.45, 2.75) is 250 Å². The number of para-hydroxylation sites is 1. The predicted octanol–water partition coefficient (Wildman–Crippen LogP) is 30.9. The smallest absolute Gasteiger partial charge is 0.141 e. The summed E-state index contributed by atoms with van der Waals surface area (Å²) in [5, 5.41) is 23.6. The average molecular weight is 1540 g/mol. The number of rotatable bonds is 18. The van der Waals surface area contributed by atoms with Crippen molar-refractivity contribution in [2.24, 2.45) is 47.3 Å². The Kier molecular flexibility index (Phi) is 43.3. The third-order valence-electron chi connectivity index (χ3n) is 21.3. The minimum atomic E-state index is -0.463. The second-order valence-corrected chi connectivity index (χ2v) is 33.9. The summed E-state index contributed by atoms with van der Waals surface area (Å²) < 4.78 is 31.2. The van der Waals surface area contributed by atoms with E-state index in [9.17, 15) is 19.0 Å². The lowest BCUT2D eigenvalue weighted by Gasteiger charge is -2.36. The largest absolute Gasteiger partial charge is 0.493 e. The van der Waals surface area contributed by atoms with Crippen LogP contribution in [0.25, 0.3) is 0 Å². The number of aliphatic hydroxyl groups excluding tert-OH is 1. The van der Waals surface area contributed by atoms with Crippen LogP contribution >= 0.6 is 58.0 Å². The molecule has 8 aromatic rings. The molecule has 1 saturated carbocycles. The van der Waals surface area contributed by atoms with E-state index in [-0.39, 0.29) is 34.6 Å². The molecule has 105 heavy (non-hydrogen) atoms. The Bertz CT molecular complexity index is 3510. The molecule has 0 radical (unpaired) electrons. The van der Waals surface area contributed by atoms with E-state index >= 15 is 0 Å². The van der Waals surface area contributed by atoms with Crippen LogP contribution in [0.1, 0.15) is 283 Å². The topological polar surface area (TPSA) is 49.7 Å². The van der Waals surface area contributed by atoms with Crippen LogP contribution < -0.4 is 4.74 Å².